The van der Waals surface area contributed by atoms with E-state index >= 15 is 0 Å². The van der Waals surface area contributed by atoms with E-state index in [0.717, 1.165) is 12.0 Å². The molecule has 0 aromatic carbocycles. The summed E-state index contributed by atoms with van der Waals surface area (Å²) in [7, 11) is 1.96. The van der Waals surface area contributed by atoms with Gasteiger partial charge in [0.25, 0.3) is 0 Å². The highest BCUT2D eigenvalue weighted by Gasteiger charge is 1.83. The summed E-state index contributed by atoms with van der Waals surface area (Å²) < 4.78 is 0. The van der Waals surface area contributed by atoms with Crippen LogP contribution in [-0.4, -0.2) is 18.2 Å². The van der Waals surface area contributed by atoms with Crippen LogP contribution in [0.1, 0.15) is 6.42 Å². The van der Waals surface area contributed by atoms with E-state index in [2.05, 4.69) is 11.6 Å². The maximum absolute atomic E-state index is 4.13. The SMILES string of the molecule is C=C1C=CN(C)/C=C\N=CC/C=C\C=C/1. The molecule has 0 bridgehead atoms. The van der Waals surface area contributed by atoms with Gasteiger partial charge in [0.1, 0.15) is 0 Å². The molecule has 0 atom stereocenters. The number of aliphatic imine (C=N–C) groups is 1. The molecule has 78 valence electrons. The van der Waals surface area contributed by atoms with Crippen molar-refractivity contribution < 1.29 is 0 Å². The zero-order valence-corrected chi connectivity index (χ0v) is 9.00. The molecule has 1 rings (SSSR count). The Bertz CT molecular complexity index is 344. The van der Waals surface area contributed by atoms with Gasteiger partial charge in [0.2, 0.25) is 0 Å². The summed E-state index contributed by atoms with van der Waals surface area (Å²) >= 11 is 0. The minimum absolute atomic E-state index is 0.846. The van der Waals surface area contributed by atoms with Crippen LogP contribution >= 0.6 is 0 Å². The Kier molecular flexibility index (Phi) is 4.95. The number of hydrogen-bond acceptors (Lipinski definition) is 2. The smallest absolute Gasteiger partial charge is 0.0426 e. The highest BCUT2D eigenvalue weighted by atomic mass is 15.1. The number of allylic oxidation sites excluding steroid dienone is 6. The lowest BCUT2D eigenvalue weighted by Gasteiger charge is -2.05. The van der Waals surface area contributed by atoms with Crippen molar-refractivity contribution in [2.45, 2.75) is 6.42 Å². The second-order valence-corrected chi connectivity index (χ2v) is 3.21. The molecule has 2 heteroatoms. The first-order valence-corrected chi connectivity index (χ1v) is 4.89. The Morgan fingerprint density at radius 3 is 3.00 bits per heavy atom. The normalized spacial score (nSPS) is 23.8. The Balaban J connectivity index is 2.75. The van der Waals surface area contributed by atoms with Gasteiger partial charge in [0.05, 0.1) is 0 Å². The van der Waals surface area contributed by atoms with Crippen LogP contribution in [0.2, 0.25) is 0 Å². The Labute approximate surface area is 91.3 Å². The monoisotopic (exact) mass is 200 g/mol. The van der Waals surface area contributed by atoms with Gasteiger partial charge < -0.3 is 4.90 Å². The Morgan fingerprint density at radius 2 is 2.13 bits per heavy atom. The molecule has 0 unspecified atom stereocenters. The molecule has 0 aromatic heterocycles. The molecule has 0 spiro atoms. The Morgan fingerprint density at radius 1 is 1.27 bits per heavy atom. The molecule has 0 saturated carbocycles. The molecule has 0 fully saturated rings. The van der Waals surface area contributed by atoms with Crippen LogP contribution in [0, 0.1) is 0 Å². The van der Waals surface area contributed by atoms with Gasteiger partial charge in [-0.2, -0.15) is 0 Å². The van der Waals surface area contributed by atoms with Crippen molar-refractivity contribution in [3.63, 3.8) is 0 Å². The van der Waals surface area contributed by atoms with Crippen LogP contribution in [0.4, 0.5) is 0 Å². The molecule has 0 N–H and O–H groups in total. The molecule has 0 aromatic rings. The summed E-state index contributed by atoms with van der Waals surface area (Å²) in [4.78, 5) is 6.06. The lowest BCUT2D eigenvalue weighted by atomic mass is 10.2. The van der Waals surface area contributed by atoms with Gasteiger partial charge in [-0.15, -0.1) is 0 Å². The van der Waals surface area contributed by atoms with Crippen LogP contribution in [-0.2, 0) is 0 Å². The molecule has 1 aliphatic heterocycles. The first kappa shape index (κ1) is 11.2. The highest BCUT2D eigenvalue weighted by molar-refractivity contribution is 5.60. The van der Waals surface area contributed by atoms with Gasteiger partial charge in [-0.05, 0) is 11.6 Å². The van der Waals surface area contributed by atoms with Gasteiger partial charge in [0, 0.05) is 38.3 Å². The predicted molar refractivity (Wildman–Crippen MR) is 66.6 cm³/mol. The predicted octanol–water partition coefficient (Wildman–Crippen LogP) is 3.05. The van der Waals surface area contributed by atoms with Crippen molar-refractivity contribution >= 4 is 6.21 Å². The van der Waals surface area contributed by atoms with Gasteiger partial charge in [-0.1, -0.05) is 30.9 Å². The van der Waals surface area contributed by atoms with Crippen LogP contribution < -0.4 is 0 Å². The van der Waals surface area contributed by atoms with Gasteiger partial charge in [0.15, 0.2) is 0 Å². The fraction of sp³-hybridized carbons (Fsp3) is 0.154. The average Bonchev–Trinajstić information content (AvgIpc) is 2.24. The molecular weight excluding hydrogens is 184 g/mol. The molecule has 1 heterocycles. The van der Waals surface area contributed by atoms with E-state index in [-0.39, 0.29) is 0 Å². The van der Waals surface area contributed by atoms with Gasteiger partial charge >= 0.3 is 0 Å². The molecule has 0 radical (unpaired) electrons. The first-order chi connectivity index (χ1) is 7.29. The van der Waals surface area contributed by atoms with E-state index in [4.69, 9.17) is 0 Å². The number of rotatable bonds is 0. The zero-order valence-electron chi connectivity index (χ0n) is 9.00. The fourth-order valence-corrected chi connectivity index (χ4v) is 0.981. The molecule has 0 aliphatic carbocycles. The molecule has 2 nitrogen and oxygen atoms in total. The van der Waals surface area contributed by atoms with Gasteiger partial charge in [-0.25, -0.2) is 0 Å². The summed E-state index contributed by atoms with van der Waals surface area (Å²) in [6.07, 6.45) is 18.3. The van der Waals surface area contributed by atoms with Crippen LogP contribution in [0.25, 0.3) is 0 Å². The van der Waals surface area contributed by atoms with Crippen molar-refractivity contribution in [2.24, 2.45) is 4.99 Å². The van der Waals surface area contributed by atoms with Gasteiger partial charge in [-0.3, -0.25) is 4.99 Å². The number of nitrogens with zero attached hydrogens (tertiary/aromatic N) is 2. The lowest BCUT2D eigenvalue weighted by molar-refractivity contribution is 0.624. The highest BCUT2D eigenvalue weighted by Crippen LogP contribution is 1.98. The molecule has 15 heavy (non-hydrogen) atoms. The Hall–Kier alpha value is -1.83. The first-order valence-electron chi connectivity index (χ1n) is 4.89. The van der Waals surface area contributed by atoms with E-state index in [1.807, 2.05) is 60.9 Å². The van der Waals surface area contributed by atoms with E-state index in [9.17, 15) is 0 Å². The van der Waals surface area contributed by atoms with Crippen LogP contribution in [0.3, 0.4) is 0 Å². The zero-order chi connectivity index (χ0) is 10.9. The third-order valence-electron chi connectivity index (χ3n) is 1.82. The standard InChI is InChI=1S/C13H16N2/c1-13-7-5-3-4-6-9-14-10-12-15(2)11-8-13/h3-5,7-12H,1,6H2,2H3/b4-3-,7-5-,11-8?,12-10-,14-9?. The van der Waals surface area contributed by atoms with Crippen molar-refractivity contribution in [1.29, 1.82) is 0 Å². The summed E-state index contributed by atoms with van der Waals surface area (Å²) in [6.45, 7) is 3.91. The minimum Gasteiger partial charge on any atom is -0.356 e. The summed E-state index contributed by atoms with van der Waals surface area (Å²) in [6, 6.07) is 0. The maximum Gasteiger partial charge on any atom is 0.0426 e. The topological polar surface area (TPSA) is 15.6 Å². The summed E-state index contributed by atoms with van der Waals surface area (Å²) in [5.74, 6) is 0. The van der Waals surface area contributed by atoms with Crippen molar-refractivity contribution in [3.8, 4) is 0 Å². The molecule has 0 saturated heterocycles. The van der Waals surface area contributed by atoms with E-state index < -0.39 is 0 Å². The molecule has 0 amide bonds. The maximum atomic E-state index is 4.13. The second-order valence-electron chi connectivity index (χ2n) is 3.21. The second kappa shape index (κ2) is 6.60. The number of hydrogen-bond donors (Lipinski definition) is 0. The summed E-state index contributed by atoms with van der Waals surface area (Å²) in [5.41, 5.74) is 0.972. The van der Waals surface area contributed by atoms with Crippen molar-refractivity contribution in [2.75, 3.05) is 7.05 Å². The quantitative estimate of drug-likeness (QED) is 0.587. The summed E-state index contributed by atoms with van der Waals surface area (Å²) in [5, 5.41) is 0. The van der Waals surface area contributed by atoms with E-state index in [1.165, 1.54) is 0 Å². The third-order valence-corrected chi connectivity index (χ3v) is 1.82. The molecular formula is C13H16N2. The van der Waals surface area contributed by atoms with E-state index in [1.54, 1.807) is 6.20 Å². The van der Waals surface area contributed by atoms with Crippen molar-refractivity contribution in [3.05, 3.63) is 61.1 Å². The van der Waals surface area contributed by atoms with Crippen LogP contribution in [0.15, 0.2) is 66.1 Å². The lowest BCUT2D eigenvalue weighted by Crippen LogP contribution is -1.99. The fourth-order valence-electron chi connectivity index (χ4n) is 0.981. The van der Waals surface area contributed by atoms with Crippen molar-refractivity contribution in [1.82, 2.24) is 4.90 Å². The largest absolute Gasteiger partial charge is 0.356 e. The molecule has 1 aliphatic rings. The van der Waals surface area contributed by atoms with E-state index in [0.29, 0.717) is 0 Å². The third kappa shape index (κ3) is 5.47. The minimum atomic E-state index is 0.846. The average molecular weight is 200 g/mol. The van der Waals surface area contributed by atoms with Crippen LogP contribution in [0.5, 0.6) is 0 Å².